The lowest BCUT2D eigenvalue weighted by Crippen LogP contribution is -2.45. The van der Waals surface area contributed by atoms with Gasteiger partial charge in [-0.15, -0.1) is 0 Å². The molecule has 0 aromatic heterocycles. The molecule has 0 aliphatic carbocycles. The molecule has 0 spiro atoms. The van der Waals surface area contributed by atoms with Crippen molar-refractivity contribution in [2.45, 2.75) is 39.2 Å². The molecule has 0 saturated heterocycles. The topological polar surface area (TPSA) is 26.3 Å². The Morgan fingerprint density at radius 3 is 1.68 bits per heavy atom. The maximum atomic E-state index is 12.1. The largest absolute Gasteiger partial charge is 0.439 e. The minimum absolute atomic E-state index is 0.361. The van der Waals surface area contributed by atoms with E-state index in [4.69, 9.17) is 0 Å². The van der Waals surface area contributed by atoms with Crippen LogP contribution in [0.5, 0.6) is 0 Å². The molecule has 0 unspecified atom stereocenters. The van der Waals surface area contributed by atoms with E-state index in [0.29, 0.717) is 0 Å². The zero-order chi connectivity index (χ0) is 15.4. The van der Waals surface area contributed by atoms with Crippen LogP contribution in [0.15, 0.2) is 23.3 Å². The Morgan fingerprint density at radius 1 is 0.947 bits per heavy atom. The first-order valence-corrected chi connectivity index (χ1v) is 5.02. The molecular formula is C11H12F6O2. The highest BCUT2D eigenvalue weighted by Crippen LogP contribution is 2.36. The number of carbonyl (C=O) groups is 1. The SMILES string of the molecule is CC(C)=CC=C(C)C(=O)OC(C(F)(F)F)C(F)(F)F. The molecule has 0 rings (SSSR count). The second-order valence-corrected chi connectivity index (χ2v) is 3.96. The first-order chi connectivity index (χ1) is 8.35. The molecule has 0 N–H and O–H groups in total. The molecule has 0 atom stereocenters. The van der Waals surface area contributed by atoms with Crippen molar-refractivity contribution < 1.29 is 35.9 Å². The number of carbonyl (C=O) groups excluding carboxylic acids is 1. The van der Waals surface area contributed by atoms with Gasteiger partial charge < -0.3 is 4.74 Å². The molecule has 2 nitrogen and oxygen atoms in total. The van der Waals surface area contributed by atoms with Gasteiger partial charge in [0, 0.05) is 5.57 Å². The zero-order valence-corrected chi connectivity index (χ0v) is 10.3. The van der Waals surface area contributed by atoms with E-state index in [0.717, 1.165) is 18.6 Å². The molecule has 0 aliphatic rings. The molecule has 110 valence electrons. The minimum Gasteiger partial charge on any atom is -0.439 e. The van der Waals surface area contributed by atoms with Crippen LogP contribution in [-0.2, 0) is 9.53 Å². The second-order valence-electron chi connectivity index (χ2n) is 3.96. The average molecular weight is 290 g/mol. The zero-order valence-electron chi connectivity index (χ0n) is 10.3. The third-order valence-corrected chi connectivity index (χ3v) is 1.81. The Morgan fingerprint density at radius 2 is 1.37 bits per heavy atom. The average Bonchev–Trinajstić information content (AvgIpc) is 2.18. The smallest absolute Gasteiger partial charge is 0.434 e. The number of rotatable bonds is 3. The van der Waals surface area contributed by atoms with E-state index in [1.807, 2.05) is 0 Å². The van der Waals surface area contributed by atoms with Gasteiger partial charge in [-0.05, 0) is 20.8 Å². The van der Waals surface area contributed by atoms with Gasteiger partial charge in [0.2, 0.25) is 0 Å². The van der Waals surface area contributed by atoms with Crippen LogP contribution in [0.2, 0.25) is 0 Å². The fraction of sp³-hybridized carbons (Fsp3) is 0.545. The van der Waals surface area contributed by atoms with E-state index in [9.17, 15) is 31.1 Å². The highest BCUT2D eigenvalue weighted by molar-refractivity contribution is 5.88. The van der Waals surface area contributed by atoms with E-state index in [2.05, 4.69) is 4.74 Å². The summed E-state index contributed by atoms with van der Waals surface area (Å²) in [4.78, 5) is 11.1. The molecule has 0 aromatic rings. The van der Waals surface area contributed by atoms with Crippen molar-refractivity contribution in [1.29, 1.82) is 0 Å². The van der Waals surface area contributed by atoms with Gasteiger partial charge in [0.25, 0.3) is 6.10 Å². The van der Waals surface area contributed by atoms with Crippen LogP contribution in [0, 0.1) is 0 Å². The van der Waals surface area contributed by atoms with Crippen LogP contribution in [0.3, 0.4) is 0 Å². The Hall–Kier alpha value is -1.47. The second kappa shape index (κ2) is 6.12. The van der Waals surface area contributed by atoms with Crippen molar-refractivity contribution in [2.75, 3.05) is 0 Å². The summed E-state index contributed by atoms with van der Waals surface area (Å²) in [7, 11) is 0. The number of alkyl halides is 6. The molecule has 0 amide bonds. The van der Waals surface area contributed by atoms with Gasteiger partial charge in [-0.2, -0.15) is 26.3 Å². The van der Waals surface area contributed by atoms with Crippen LogP contribution in [-0.4, -0.2) is 24.4 Å². The highest BCUT2D eigenvalue weighted by atomic mass is 19.4. The fourth-order valence-electron chi connectivity index (χ4n) is 0.879. The number of hydrogen-bond acceptors (Lipinski definition) is 2. The maximum absolute atomic E-state index is 12.1. The van der Waals surface area contributed by atoms with Gasteiger partial charge in [0.1, 0.15) is 0 Å². The van der Waals surface area contributed by atoms with Gasteiger partial charge in [0.05, 0.1) is 0 Å². The number of hydrogen-bond donors (Lipinski definition) is 0. The molecule has 0 bridgehead atoms. The summed E-state index contributed by atoms with van der Waals surface area (Å²) >= 11 is 0. The number of esters is 1. The Bertz CT molecular complexity index is 371. The quantitative estimate of drug-likeness (QED) is 0.340. The molecule has 8 heteroatoms. The highest BCUT2D eigenvalue weighted by Gasteiger charge is 2.59. The monoisotopic (exact) mass is 290 g/mol. The van der Waals surface area contributed by atoms with E-state index in [1.165, 1.54) is 6.08 Å². The summed E-state index contributed by atoms with van der Waals surface area (Å²) in [5.41, 5.74) is 0.357. The van der Waals surface area contributed by atoms with Crippen LogP contribution in [0.4, 0.5) is 26.3 Å². The third kappa shape index (κ3) is 6.30. The van der Waals surface area contributed by atoms with Gasteiger partial charge in [0.15, 0.2) is 0 Å². The van der Waals surface area contributed by atoms with Crippen LogP contribution < -0.4 is 0 Å². The minimum atomic E-state index is -5.70. The molecule has 0 saturated carbocycles. The third-order valence-electron chi connectivity index (χ3n) is 1.81. The van der Waals surface area contributed by atoms with Crippen LogP contribution in [0.1, 0.15) is 20.8 Å². The summed E-state index contributed by atoms with van der Waals surface area (Å²) in [6.07, 6.45) is -13.1. The Balaban J connectivity index is 5.04. The summed E-state index contributed by atoms with van der Waals surface area (Å²) < 4.78 is 76.2. The number of halogens is 6. The molecule has 0 aliphatic heterocycles. The normalized spacial score (nSPS) is 13.5. The van der Waals surface area contributed by atoms with Crippen molar-refractivity contribution in [1.82, 2.24) is 0 Å². The summed E-state index contributed by atoms with van der Waals surface area (Å²) in [6.45, 7) is 4.35. The molecule has 0 aromatic carbocycles. The van der Waals surface area contributed by atoms with Crippen molar-refractivity contribution in [3.63, 3.8) is 0 Å². The molecular weight excluding hydrogens is 278 g/mol. The van der Waals surface area contributed by atoms with E-state index in [-0.39, 0.29) is 5.57 Å². The van der Waals surface area contributed by atoms with Crippen molar-refractivity contribution in [3.05, 3.63) is 23.3 Å². The first-order valence-electron chi connectivity index (χ1n) is 5.02. The van der Waals surface area contributed by atoms with Crippen LogP contribution in [0.25, 0.3) is 0 Å². The molecule has 19 heavy (non-hydrogen) atoms. The van der Waals surface area contributed by atoms with Crippen LogP contribution >= 0.6 is 0 Å². The molecule has 0 heterocycles. The maximum Gasteiger partial charge on any atom is 0.434 e. The van der Waals surface area contributed by atoms with Gasteiger partial charge in [-0.25, -0.2) is 4.79 Å². The van der Waals surface area contributed by atoms with E-state index < -0.39 is 24.4 Å². The molecule has 0 radical (unpaired) electrons. The summed E-state index contributed by atoms with van der Waals surface area (Å²) in [5, 5.41) is 0. The lowest BCUT2D eigenvalue weighted by atomic mass is 10.2. The van der Waals surface area contributed by atoms with Crippen molar-refractivity contribution in [2.24, 2.45) is 0 Å². The van der Waals surface area contributed by atoms with Crippen molar-refractivity contribution >= 4 is 5.97 Å². The molecule has 0 fully saturated rings. The lowest BCUT2D eigenvalue weighted by molar-refractivity contribution is -0.312. The summed E-state index contributed by atoms with van der Waals surface area (Å²) in [5.74, 6) is -1.67. The standard InChI is InChI=1S/C11H12F6O2/c1-6(2)4-5-7(3)8(18)19-9(10(12,13)14)11(15,16)17/h4-5,9H,1-3H3. The Labute approximate surface area is 105 Å². The van der Waals surface area contributed by atoms with E-state index >= 15 is 0 Å². The summed E-state index contributed by atoms with van der Waals surface area (Å²) in [6, 6.07) is 0. The number of ether oxygens (including phenoxy) is 1. The fourth-order valence-corrected chi connectivity index (χ4v) is 0.879. The van der Waals surface area contributed by atoms with Crippen molar-refractivity contribution in [3.8, 4) is 0 Å². The lowest BCUT2D eigenvalue weighted by Gasteiger charge is -2.22. The predicted molar refractivity (Wildman–Crippen MR) is 55.2 cm³/mol. The predicted octanol–water partition coefficient (Wildman–Crippen LogP) is 3.94. The Kier molecular flexibility index (Phi) is 5.64. The van der Waals surface area contributed by atoms with E-state index in [1.54, 1.807) is 13.8 Å². The van der Waals surface area contributed by atoms with Gasteiger partial charge in [-0.3, -0.25) is 0 Å². The van der Waals surface area contributed by atoms with Gasteiger partial charge in [-0.1, -0.05) is 17.7 Å². The van der Waals surface area contributed by atoms with Gasteiger partial charge >= 0.3 is 18.3 Å². The number of allylic oxidation sites excluding steroid dienone is 3. The first kappa shape index (κ1) is 17.5.